The molecule has 5 rings (SSSR count). The first-order valence-corrected chi connectivity index (χ1v) is 13.6. The molecule has 1 heteroatoms. The van der Waals surface area contributed by atoms with Gasteiger partial charge in [0.25, 0.3) is 0 Å². The van der Waals surface area contributed by atoms with E-state index in [0.717, 1.165) is 11.8 Å². The second-order valence-electron chi connectivity index (χ2n) is 11.2. The van der Waals surface area contributed by atoms with Gasteiger partial charge in [-0.05, 0) is 90.1 Å². The van der Waals surface area contributed by atoms with Crippen molar-refractivity contribution in [1.82, 2.24) is 0 Å². The van der Waals surface area contributed by atoms with Crippen molar-refractivity contribution in [2.75, 3.05) is 0 Å². The molecule has 2 saturated carbocycles. The van der Waals surface area contributed by atoms with Gasteiger partial charge in [-0.2, -0.15) is 0 Å². The minimum atomic E-state index is 0.557. The summed E-state index contributed by atoms with van der Waals surface area (Å²) in [6.07, 6.45) is 16.2. The van der Waals surface area contributed by atoms with E-state index in [1.807, 2.05) is 0 Å². The number of fused-ring (bicyclic) bond motifs is 1. The first kappa shape index (κ1) is 22.6. The number of aryl methyl sites for hydroxylation is 1. The highest BCUT2D eigenvalue weighted by molar-refractivity contribution is 5.94. The Kier molecular flexibility index (Phi) is 6.59. The molecule has 2 aliphatic carbocycles. The zero-order valence-electron chi connectivity index (χ0n) is 21.3. The molecule has 174 valence electrons. The van der Waals surface area contributed by atoms with Crippen LogP contribution < -0.4 is 4.57 Å². The van der Waals surface area contributed by atoms with E-state index in [1.165, 1.54) is 97.4 Å². The third-order valence-corrected chi connectivity index (χ3v) is 8.67. The summed E-state index contributed by atoms with van der Waals surface area (Å²) in [6.45, 7) is 6.99. The van der Waals surface area contributed by atoms with Crippen molar-refractivity contribution < 1.29 is 4.57 Å². The van der Waals surface area contributed by atoms with Crippen molar-refractivity contribution in [3.63, 3.8) is 0 Å². The summed E-state index contributed by atoms with van der Waals surface area (Å²) in [4.78, 5) is 0. The molecule has 2 aromatic carbocycles. The minimum Gasteiger partial charge on any atom is -0.200 e. The quantitative estimate of drug-likeness (QED) is 0.357. The Morgan fingerprint density at radius 2 is 1.45 bits per heavy atom. The third kappa shape index (κ3) is 4.48. The summed E-state index contributed by atoms with van der Waals surface area (Å²) in [5.41, 5.74) is 9.10. The first-order valence-electron chi connectivity index (χ1n) is 13.6. The van der Waals surface area contributed by atoms with E-state index in [1.54, 1.807) is 11.1 Å². The van der Waals surface area contributed by atoms with Gasteiger partial charge in [-0.3, -0.25) is 0 Å². The highest BCUT2D eigenvalue weighted by atomic mass is 14.9. The molecule has 0 radical (unpaired) electrons. The molecule has 2 fully saturated rings. The number of benzene rings is 2. The standard InChI is InChI=1S/C32H42N/c1-22(2)26-15-16-29-27(19-26)17-18-33(4)32(29)31-21-28(24-11-7-5-8-12-24)20-30(23(31)3)25-13-9-6-10-14-25/h15-22,24-25H,5-14H2,1-4H3/q+1. The van der Waals surface area contributed by atoms with Crippen molar-refractivity contribution in [2.45, 2.75) is 103 Å². The van der Waals surface area contributed by atoms with Gasteiger partial charge >= 0.3 is 0 Å². The SMILES string of the molecule is Cc1c(-c2c3ccc(C(C)C)cc3cc[n+]2C)cc(C2CCCCC2)cc1C1CCCCC1. The van der Waals surface area contributed by atoms with Crippen LogP contribution in [0.15, 0.2) is 42.6 Å². The van der Waals surface area contributed by atoms with Gasteiger partial charge in [0.1, 0.15) is 7.05 Å². The van der Waals surface area contributed by atoms with Crippen molar-refractivity contribution in [3.05, 3.63) is 64.8 Å². The Labute approximate surface area is 201 Å². The van der Waals surface area contributed by atoms with E-state index in [9.17, 15) is 0 Å². The van der Waals surface area contributed by atoms with E-state index in [2.05, 4.69) is 75.0 Å². The van der Waals surface area contributed by atoms with E-state index in [-0.39, 0.29) is 0 Å². The van der Waals surface area contributed by atoms with Crippen molar-refractivity contribution in [3.8, 4) is 11.3 Å². The smallest absolute Gasteiger partial charge is 0.200 e. The van der Waals surface area contributed by atoms with Crippen LogP contribution in [0.2, 0.25) is 0 Å². The molecular formula is C32H42N+. The average Bonchev–Trinajstić information content (AvgIpc) is 2.85. The molecule has 1 heterocycles. The zero-order chi connectivity index (χ0) is 22.9. The van der Waals surface area contributed by atoms with Crippen LogP contribution in [0.1, 0.15) is 118 Å². The minimum absolute atomic E-state index is 0.557. The molecule has 3 aromatic rings. The molecule has 1 aromatic heterocycles. The Morgan fingerprint density at radius 3 is 2.12 bits per heavy atom. The van der Waals surface area contributed by atoms with Crippen LogP contribution in [0, 0.1) is 6.92 Å². The van der Waals surface area contributed by atoms with Crippen LogP contribution in [-0.2, 0) is 7.05 Å². The van der Waals surface area contributed by atoms with Crippen LogP contribution in [0.4, 0.5) is 0 Å². The molecule has 33 heavy (non-hydrogen) atoms. The Hall–Kier alpha value is -2.15. The molecule has 0 spiro atoms. The number of nitrogens with zero attached hydrogens (tertiary/aromatic N) is 1. The summed E-state index contributed by atoms with van der Waals surface area (Å²) in [5, 5.41) is 2.76. The normalized spacial score (nSPS) is 18.3. The fraction of sp³-hybridized carbons (Fsp3) is 0.531. The maximum atomic E-state index is 2.65. The van der Waals surface area contributed by atoms with E-state index < -0.39 is 0 Å². The van der Waals surface area contributed by atoms with Crippen LogP contribution in [-0.4, -0.2) is 0 Å². The lowest BCUT2D eigenvalue weighted by Gasteiger charge is -2.28. The van der Waals surface area contributed by atoms with Gasteiger partial charge < -0.3 is 0 Å². The number of aromatic nitrogens is 1. The second kappa shape index (κ2) is 9.61. The van der Waals surface area contributed by atoms with Crippen LogP contribution in [0.3, 0.4) is 0 Å². The summed E-state index contributed by atoms with van der Waals surface area (Å²) in [7, 11) is 2.23. The number of rotatable bonds is 4. The van der Waals surface area contributed by atoms with E-state index >= 15 is 0 Å². The monoisotopic (exact) mass is 440 g/mol. The Bertz CT molecular complexity index is 1130. The lowest BCUT2D eigenvalue weighted by atomic mass is 9.76. The van der Waals surface area contributed by atoms with Gasteiger partial charge in [0.05, 0.1) is 10.9 Å². The molecule has 0 unspecified atom stereocenters. The highest BCUT2D eigenvalue weighted by Crippen LogP contribution is 2.42. The molecular weight excluding hydrogens is 398 g/mol. The molecule has 0 aliphatic heterocycles. The molecule has 2 aliphatic rings. The predicted octanol–water partition coefficient (Wildman–Crippen LogP) is 8.86. The number of pyridine rings is 1. The molecule has 0 amide bonds. The van der Waals surface area contributed by atoms with Gasteiger partial charge in [-0.1, -0.05) is 70.6 Å². The van der Waals surface area contributed by atoms with Crippen molar-refractivity contribution >= 4 is 10.8 Å². The van der Waals surface area contributed by atoms with Gasteiger partial charge in [-0.25, -0.2) is 4.57 Å². The van der Waals surface area contributed by atoms with Gasteiger partial charge in [-0.15, -0.1) is 0 Å². The molecule has 1 nitrogen and oxygen atoms in total. The largest absolute Gasteiger partial charge is 0.220 e. The first-order chi connectivity index (χ1) is 16.0. The summed E-state index contributed by atoms with van der Waals surface area (Å²) < 4.78 is 2.37. The fourth-order valence-electron chi connectivity index (χ4n) is 6.60. The molecule has 0 atom stereocenters. The number of hydrogen-bond acceptors (Lipinski definition) is 0. The third-order valence-electron chi connectivity index (χ3n) is 8.67. The average molecular weight is 441 g/mol. The summed E-state index contributed by atoms with van der Waals surface area (Å²) in [5.74, 6) is 2.04. The predicted molar refractivity (Wildman–Crippen MR) is 141 cm³/mol. The Balaban J connectivity index is 1.71. The topological polar surface area (TPSA) is 3.88 Å². The van der Waals surface area contributed by atoms with Crippen molar-refractivity contribution in [2.24, 2.45) is 7.05 Å². The molecule has 0 N–H and O–H groups in total. The molecule has 0 bridgehead atoms. The van der Waals surface area contributed by atoms with Crippen LogP contribution in [0.5, 0.6) is 0 Å². The maximum Gasteiger partial charge on any atom is 0.220 e. The fourth-order valence-corrected chi connectivity index (χ4v) is 6.60. The van der Waals surface area contributed by atoms with E-state index in [0.29, 0.717) is 5.92 Å². The summed E-state index contributed by atoms with van der Waals surface area (Å²) in [6, 6.07) is 14.7. The van der Waals surface area contributed by atoms with Crippen LogP contribution in [0.25, 0.3) is 22.0 Å². The van der Waals surface area contributed by atoms with Crippen molar-refractivity contribution in [1.29, 1.82) is 0 Å². The zero-order valence-corrected chi connectivity index (χ0v) is 21.3. The lowest BCUT2D eigenvalue weighted by molar-refractivity contribution is -0.659. The van der Waals surface area contributed by atoms with Gasteiger partial charge in [0.2, 0.25) is 5.69 Å². The highest BCUT2D eigenvalue weighted by Gasteiger charge is 2.26. The maximum absolute atomic E-state index is 2.65. The number of hydrogen-bond donors (Lipinski definition) is 0. The van der Waals surface area contributed by atoms with Gasteiger partial charge in [0.15, 0.2) is 6.20 Å². The summed E-state index contributed by atoms with van der Waals surface area (Å²) >= 11 is 0. The van der Waals surface area contributed by atoms with Gasteiger partial charge in [0, 0.05) is 6.07 Å². The van der Waals surface area contributed by atoms with E-state index in [4.69, 9.17) is 0 Å². The Morgan fingerprint density at radius 1 is 0.788 bits per heavy atom. The molecule has 0 saturated heterocycles. The van der Waals surface area contributed by atoms with Crippen LogP contribution >= 0.6 is 0 Å². The second-order valence-corrected chi connectivity index (χ2v) is 11.2. The lowest BCUT2D eigenvalue weighted by Crippen LogP contribution is -2.31.